The Morgan fingerprint density at radius 2 is 2.24 bits per heavy atom. The van der Waals surface area contributed by atoms with Crippen molar-refractivity contribution in [3.63, 3.8) is 0 Å². The number of imidazole rings is 1. The van der Waals surface area contributed by atoms with Gasteiger partial charge in [-0.05, 0) is 37.0 Å². The van der Waals surface area contributed by atoms with Crippen LogP contribution in [0.5, 0.6) is 0 Å². The van der Waals surface area contributed by atoms with E-state index in [1.54, 1.807) is 0 Å². The van der Waals surface area contributed by atoms with Crippen molar-refractivity contribution in [3.05, 3.63) is 24.0 Å². The van der Waals surface area contributed by atoms with Gasteiger partial charge in [0.25, 0.3) is 0 Å². The summed E-state index contributed by atoms with van der Waals surface area (Å²) in [6.45, 7) is 5.82. The van der Waals surface area contributed by atoms with E-state index in [9.17, 15) is 9.59 Å². The van der Waals surface area contributed by atoms with Crippen LogP contribution in [0.4, 0.5) is 5.69 Å². The Balaban J connectivity index is 1.52. The summed E-state index contributed by atoms with van der Waals surface area (Å²) in [5.74, 6) is 1.71. The molecule has 1 aromatic heterocycles. The van der Waals surface area contributed by atoms with Crippen LogP contribution >= 0.6 is 0 Å². The van der Waals surface area contributed by atoms with Gasteiger partial charge in [0.2, 0.25) is 11.8 Å². The fraction of sp³-hybridized carbons (Fsp3) is 0.526. The van der Waals surface area contributed by atoms with Crippen LogP contribution in [0.25, 0.3) is 11.0 Å². The number of aromatic amines is 1. The molecule has 0 spiro atoms. The molecule has 0 radical (unpaired) electrons. The highest BCUT2D eigenvalue weighted by atomic mass is 16.2. The van der Waals surface area contributed by atoms with Gasteiger partial charge in [-0.3, -0.25) is 9.59 Å². The number of hydrogen-bond acceptors (Lipinski definition) is 3. The lowest BCUT2D eigenvalue weighted by Crippen LogP contribution is -2.26. The first kappa shape index (κ1) is 17.5. The second kappa shape index (κ2) is 7.68. The number of H-pyrrole nitrogens is 1. The summed E-state index contributed by atoms with van der Waals surface area (Å²) in [6.07, 6.45) is 3.61. The van der Waals surface area contributed by atoms with Crippen molar-refractivity contribution in [2.45, 2.75) is 46.0 Å². The van der Waals surface area contributed by atoms with Crippen molar-refractivity contribution >= 4 is 28.5 Å². The van der Waals surface area contributed by atoms with Gasteiger partial charge in [0.1, 0.15) is 5.82 Å². The van der Waals surface area contributed by atoms with Gasteiger partial charge in [0, 0.05) is 38.0 Å². The third kappa shape index (κ3) is 4.59. The third-order valence-electron chi connectivity index (χ3n) is 4.42. The van der Waals surface area contributed by atoms with E-state index in [0.29, 0.717) is 31.7 Å². The molecule has 2 N–H and O–H groups in total. The summed E-state index contributed by atoms with van der Waals surface area (Å²) in [4.78, 5) is 33.4. The molecule has 0 saturated carbocycles. The number of aromatic nitrogens is 2. The van der Waals surface area contributed by atoms with Crippen LogP contribution in [0.15, 0.2) is 18.2 Å². The molecule has 1 aliphatic heterocycles. The SMILES string of the molecule is CC(C)Cc1nc2ccc(NC(=O)CCCN3CCCC3=O)cc2[nH]1. The van der Waals surface area contributed by atoms with Crippen LogP contribution in [-0.4, -0.2) is 39.8 Å². The zero-order valence-corrected chi connectivity index (χ0v) is 15.0. The summed E-state index contributed by atoms with van der Waals surface area (Å²) < 4.78 is 0. The standard InChI is InChI=1S/C19H26N4O2/c1-13(2)11-17-21-15-8-7-14(12-16(15)22-17)20-18(24)5-3-9-23-10-4-6-19(23)25/h7-8,12-13H,3-6,9-11H2,1-2H3,(H,20,24)(H,21,22). The van der Waals surface area contributed by atoms with E-state index < -0.39 is 0 Å². The van der Waals surface area contributed by atoms with Crippen molar-refractivity contribution in [2.24, 2.45) is 5.92 Å². The van der Waals surface area contributed by atoms with Crippen molar-refractivity contribution in [3.8, 4) is 0 Å². The normalized spacial score (nSPS) is 14.7. The highest BCUT2D eigenvalue weighted by Gasteiger charge is 2.19. The molecule has 2 aromatic rings. The molecule has 0 aliphatic carbocycles. The van der Waals surface area contributed by atoms with Crippen LogP contribution in [0.2, 0.25) is 0 Å². The van der Waals surface area contributed by atoms with Crippen molar-refractivity contribution < 1.29 is 9.59 Å². The molecule has 1 saturated heterocycles. The monoisotopic (exact) mass is 342 g/mol. The number of likely N-dealkylation sites (tertiary alicyclic amines) is 1. The summed E-state index contributed by atoms with van der Waals surface area (Å²) in [7, 11) is 0. The van der Waals surface area contributed by atoms with Crippen LogP contribution < -0.4 is 5.32 Å². The highest BCUT2D eigenvalue weighted by molar-refractivity contribution is 5.93. The molecule has 3 rings (SSSR count). The number of amides is 2. The van der Waals surface area contributed by atoms with E-state index in [2.05, 4.69) is 29.1 Å². The lowest BCUT2D eigenvalue weighted by Gasteiger charge is -2.14. The molecular formula is C19H26N4O2. The molecule has 2 heterocycles. The molecule has 0 bridgehead atoms. The molecule has 1 aliphatic rings. The lowest BCUT2D eigenvalue weighted by atomic mass is 10.1. The number of carbonyl (C=O) groups is 2. The Morgan fingerprint density at radius 3 is 2.96 bits per heavy atom. The van der Waals surface area contributed by atoms with Gasteiger partial charge in [-0.15, -0.1) is 0 Å². The quantitative estimate of drug-likeness (QED) is 0.811. The van der Waals surface area contributed by atoms with Crippen LogP contribution in [-0.2, 0) is 16.0 Å². The molecule has 1 fully saturated rings. The van der Waals surface area contributed by atoms with Gasteiger partial charge in [0.15, 0.2) is 0 Å². The van der Waals surface area contributed by atoms with Gasteiger partial charge in [-0.2, -0.15) is 0 Å². The van der Waals surface area contributed by atoms with E-state index in [4.69, 9.17) is 0 Å². The number of carbonyl (C=O) groups excluding carboxylic acids is 2. The number of fused-ring (bicyclic) bond motifs is 1. The minimum Gasteiger partial charge on any atom is -0.343 e. The Kier molecular flexibility index (Phi) is 5.36. The molecule has 6 nitrogen and oxygen atoms in total. The Labute approximate surface area is 148 Å². The minimum atomic E-state index is -0.0204. The summed E-state index contributed by atoms with van der Waals surface area (Å²) in [5.41, 5.74) is 2.63. The van der Waals surface area contributed by atoms with Crippen LogP contribution in [0.3, 0.4) is 0 Å². The number of nitrogens with zero attached hydrogens (tertiary/aromatic N) is 2. The fourth-order valence-electron chi connectivity index (χ4n) is 3.22. The largest absolute Gasteiger partial charge is 0.343 e. The van der Waals surface area contributed by atoms with Gasteiger partial charge in [-0.25, -0.2) is 4.98 Å². The van der Waals surface area contributed by atoms with Crippen LogP contribution in [0.1, 0.15) is 45.4 Å². The van der Waals surface area contributed by atoms with Gasteiger partial charge in [0.05, 0.1) is 11.0 Å². The first-order chi connectivity index (χ1) is 12.0. The second-order valence-corrected chi connectivity index (χ2v) is 7.15. The molecule has 0 unspecified atom stereocenters. The van der Waals surface area contributed by atoms with Crippen molar-refractivity contribution in [1.29, 1.82) is 0 Å². The van der Waals surface area contributed by atoms with E-state index in [1.165, 1.54) is 0 Å². The predicted octanol–water partition coefficient (Wildman–Crippen LogP) is 3.10. The second-order valence-electron chi connectivity index (χ2n) is 7.15. The topological polar surface area (TPSA) is 78.1 Å². The van der Waals surface area contributed by atoms with Crippen molar-refractivity contribution in [2.75, 3.05) is 18.4 Å². The van der Waals surface area contributed by atoms with Crippen molar-refractivity contribution in [1.82, 2.24) is 14.9 Å². The first-order valence-electron chi connectivity index (χ1n) is 9.07. The maximum absolute atomic E-state index is 12.1. The van der Waals surface area contributed by atoms with Gasteiger partial charge < -0.3 is 15.2 Å². The Morgan fingerprint density at radius 1 is 1.40 bits per heavy atom. The number of rotatable bonds is 7. The molecule has 25 heavy (non-hydrogen) atoms. The molecule has 1 aromatic carbocycles. The minimum absolute atomic E-state index is 0.0204. The fourth-order valence-corrected chi connectivity index (χ4v) is 3.22. The first-order valence-corrected chi connectivity index (χ1v) is 9.07. The molecule has 2 amide bonds. The molecular weight excluding hydrogens is 316 g/mol. The van der Waals surface area contributed by atoms with E-state index in [0.717, 1.165) is 41.9 Å². The highest BCUT2D eigenvalue weighted by Crippen LogP contribution is 2.19. The summed E-state index contributed by atoms with van der Waals surface area (Å²) in [6, 6.07) is 5.73. The maximum Gasteiger partial charge on any atom is 0.224 e. The van der Waals surface area contributed by atoms with Crippen LogP contribution in [0, 0.1) is 5.92 Å². The number of anilines is 1. The Bertz CT molecular complexity index is 766. The number of hydrogen-bond donors (Lipinski definition) is 2. The third-order valence-corrected chi connectivity index (χ3v) is 4.42. The van der Waals surface area contributed by atoms with Gasteiger partial charge in [-0.1, -0.05) is 13.8 Å². The molecule has 6 heteroatoms. The smallest absolute Gasteiger partial charge is 0.224 e. The number of benzene rings is 1. The molecule has 0 atom stereocenters. The Hall–Kier alpha value is -2.37. The predicted molar refractivity (Wildman–Crippen MR) is 98.3 cm³/mol. The summed E-state index contributed by atoms with van der Waals surface area (Å²) >= 11 is 0. The van der Waals surface area contributed by atoms with E-state index in [-0.39, 0.29) is 11.8 Å². The zero-order chi connectivity index (χ0) is 17.8. The molecule has 134 valence electrons. The zero-order valence-electron chi connectivity index (χ0n) is 15.0. The maximum atomic E-state index is 12.1. The summed E-state index contributed by atoms with van der Waals surface area (Å²) in [5, 5.41) is 2.93. The average molecular weight is 342 g/mol. The number of nitrogens with one attached hydrogen (secondary N) is 2. The van der Waals surface area contributed by atoms with E-state index >= 15 is 0 Å². The lowest BCUT2D eigenvalue weighted by molar-refractivity contribution is -0.128. The van der Waals surface area contributed by atoms with Gasteiger partial charge >= 0.3 is 0 Å². The average Bonchev–Trinajstić information content (AvgIpc) is 3.12. The van der Waals surface area contributed by atoms with E-state index in [1.807, 2.05) is 23.1 Å².